The lowest BCUT2D eigenvalue weighted by molar-refractivity contribution is -0.870. The smallest absolute Gasteiger partial charge is 0.268 e. The van der Waals surface area contributed by atoms with Gasteiger partial charge in [-0.25, -0.2) is 0 Å². The summed E-state index contributed by atoms with van der Waals surface area (Å²) in [6.45, 7) is 4.73. The van der Waals surface area contributed by atoms with Crippen LogP contribution in [0, 0.1) is 0 Å². The Morgan fingerprint density at radius 3 is 1.37 bits per heavy atom. The fourth-order valence-corrected chi connectivity index (χ4v) is 8.05. The van der Waals surface area contributed by atoms with Gasteiger partial charge < -0.3 is 28.8 Å². The predicted molar refractivity (Wildman–Crippen MR) is 242 cm³/mol. The molecule has 3 atom stereocenters. The summed E-state index contributed by atoms with van der Waals surface area (Å²) in [7, 11) is 1.31. The fourth-order valence-electron chi connectivity index (χ4n) is 7.33. The number of aliphatic hydroxyl groups excluding tert-OH is 1. The minimum Gasteiger partial charge on any atom is -0.756 e. The SMILES string of the molecule is CCCCCCCCCC/C=C\CCCCCCCCCCCCCC(=O)NC(COP(=O)([O-])OCC[N+](C)(C)C)C(O)CCCCCCCCCCCCCC. The Labute approximate surface area is 354 Å². The van der Waals surface area contributed by atoms with E-state index in [9.17, 15) is 19.4 Å². The lowest BCUT2D eigenvalue weighted by atomic mass is 10.0. The lowest BCUT2D eigenvalue weighted by Gasteiger charge is -2.30. The molecule has 1 amide bonds. The number of carbonyl (C=O) groups excluding carboxylic acids is 1. The summed E-state index contributed by atoms with van der Waals surface area (Å²) in [6, 6.07) is -0.796. The van der Waals surface area contributed by atoms with Crippen LogP contribution in [-0.2, 0) is 18.4 Å². The summed E-state index contributed by atoms with van der Waals surface area (Å²) < 4.78 is 23.3. The van der Waals surface area contributed by atoms with Crippen LogP contribution in [0.2, 0.25) is 0 Å². The van der Waals surface area contributed by atoms with E-state index in [0.29, 0.717) is 23.9 Å². The predicted octanol–water partition coefficient (Wildman–Crippen LogP) is 13.3. The van der Waals surface area contributed by atoms with E-state index in [4.69, 9.17) is 9.05 Å². The molecule has 0 aromatic rings. The highest BCUT2D eigenvalue weighted by Gasteiger charge is 2.24. The van der Waals surface area contributed by atoms with E-state index in [1.54, 1.807) is 0 Å². The molecule has 0 radical (unpaired) electrons. The Bertz CT molecular complexity index is 942. The maximum absolute atomic E-state index is 12.9. The van der Waals surface area contributed by atoms with Crippen LogP contribution in [0.5, 0.6) is 0 Å². The van der Waals surface area contributed by atoms with Gasteiger partial charge in [-0.2, -0.15) is 0 Å². The van der Waals surface area contributed by atoms with Gasteiger partial charge in [-0.15, -0.1) is 0 Å². The number of likely N-dealkylation sites (N-methyl/N-ethyl adjacent to an activating group) is 1. The number of aliphatic hydroxyl groups is 1. The summed E-state index contributed by atoms with van der Waals surface area (Å²) in [6.07, 6.45) is 46.5. The maximum Gasteiger partial charge on any atom is 0.268 e. The van der Waals surface area contributed by atoms with Gasteiger partial charge in [0.05, 0.1) is 39.9 Å². The molecule has 0 aromatic carbocycles. The van der Waals surface area contributed by atoms with Crippen LogP contribution in [0.15, 0.2) is 12.2 Å². The Morgan fingerprint density at radius 1 is 0.596 bits per heavy atom. The average molecular weight is 829 g/mol. The number of carbonyl (C=O) groups is 1. The molecule has 0 aromatic heterocycles. The van der Waals surface area contributed by atoms with Gasteiger partial charge >= 0.3 is 0 Å². The molecule has 2 N–H and O–H groups in total. The molecule has 340 valence electrons. The third-order valence-electron chi connectivity index (χ3n) is 11.3. The molecule has 0 rings (SSSR count). The van der Waals surface area contributed by atoms with Crippen LogP contribution >= 0.6 is 7.82 Å². The molecule has 0 heterocycles. The number of hydrogen-bond donors (Lipinski definition) is 2. The number of nitrogens with zero attached hydrogens (tertiary/aromatic N) is 1. The number of amides is 1. The van der Waals surface area contributed by atoms with Gasteiger partial charge in [0, 0.05) is 6.42 Å². The molecule has 0 spiro atoms. The van der Waals surface area contributed by atoms with Crippen molar-refractivity contribution in [1.29, 1.82) is 0 Å². The third kappa shape index (κ3) is 43.1. The number of hydrogen-bond acceptors (Lipinski definition) is 6. The molecule has 0 aliphatic heterocycles. The van der Waals surface area contributed by atoms with Gasteiger partial charge in [0.1, 0.15) is 13.2 Å². The van der Waals surface area contributed by atoms with E-state index in [1.807, 2.05) is 21.1 Å². The monoisotopic (exact) mass is 829 g/mol. The van der Waals surface area contributed by atoms with E-state index in [1.165, 1.54) is 173 Å². The third-order valence-corrected chi connectivity index (χ3v) is 12.2. The van der Waals surface area contributed by atoms with E-state index in [-0.39, 0.29) is 19.1 Å². The molecule has 0 bridgehead atoms. The zero-order valence-electron chi connectivity index (χ0n) is 38.6. The minimum atomic E-state index is -4.56. The van der Waals surface area contributed by atoms with Crippen molar-refractivity contribution in [3.63, 3.8) is 0 Å². The quantitative estimate of drug-likeness (QED) is 0.0274. The number of unbranched alkanes of at least 4 members (excludes halogenated alkanes) is 30. The van der Waals surface area contributed by atoms with Crippen molar-refractivity contribution in [2.24, 2.45) is 0 Å². The summed E-state index contributed by atoms with van der Waals surface area (Å²) in [5.74, 6) is -0.164. The summed E-state index contributed by atoms with van der Waals surface area (Å²) in [5, 5.41) is 13.9. The number of phosphoric acid groups is 1. The second-order valence-corrected chi connectivity index (χ2v) is 19.6. The van der Waals surface area contributed by atoms with Gasteiger partial charge in [-0.3, -0.25) is 9.36 Å². The van der Waals surface area contributed by atoms with Crippen LogP contribution in [0.4, 0.5) is 0 Å². The van der Waals surface area contributed by atoms with Crippen molar-refractivity contribution >= 4 is 13.7 Å². The first-order valence-electron chi connectivity index (χ1n) is 24.5. The Morgan fingerprint density at radius 2 is 0.965 bits per heavy atom. The highest BCUT2D eigenvalue weighted by atomic mass is 31.2. The summed E-state index contributed by atoms with van der Waals surface area (Å²) >= 11 is 0. The molecule has 57 heavy (non-hydrogen) atoms. The van der Waals surface area contributed by atoms with Crippen molar-refractivity contribution in [3.8, 4) is 0 Å². The first-order chi connectivity index (χ1) is 27.5. The molecule has 0 saturated carbocycles. The van der Waals surface area contributed by atoms with Crippen LogP contribution in [0.1, 0.15) is 239 Å². The van der Waals surface area contributed by atoms with E-state index < -0.39 is 20.0 Å². The maximum atomic E-state index is 12.9. The number of nitrogens with one attached hydrogen (secondary N) is 1. The molecular formula is C48H97N2O6P. The lowest BCUT2D eigenvalue weighted by Crippen LogP contribution is -2.46. The van der Waals surface area contributed by atoms with Crippen molar-refractivity contribution in [2.45, 2.75) is 251 Å². The first kappa shape index (κ1) is 56.2. The van der Waals surface area contributed by atoms with Gasteiger partial charge in [0.2, 0.25) is 5.91 Å². The van der Waals surface area contributed by atoms with Crippen molar-refractivity contribution in [1.82, 2.24) is 5.32 Å². The zero-order valence-corrected chi connectivity index (χ0v) is 39.5. The average Bonchev–Trinajstić information content (AvgIpc) is 3.16. The number of allylic oxidation sites excluding steroid dienone is 2. The normalized spacial score (nSPS) is 14.3. The van der Waals surface area contributed by atoms with Crippen molar-refractivity contribution in [2.75, 3.05) is 40.9 Å². The Balaban J connectivity index is 4.18. The van der Waals surface area contributed by atoms with Gasteiger partial charge in [-0.1, -0.05) is 206 Å². The molecule has 0 aliphatic rings. The molecule has 0 aliphatic carbocycles. The minimum absolute atomic E-state index is 0.0141. The molecule has 3 unspecified atom stereocenters. The number of phosphoric ester groups is 1. The fraction of sp³-hybridized carbons (Fsp3) is 0.938. The first-order valence-corrected chi connectivity index (χ1v) is 26.0. The van der Waals surface area contributed by atoms with Crippen LogP contribution in [-0.4, -0.2) is 68.5 Å². The van der Waals surface area contributed by atoms with Gasteiger partial charge in [0.15, 0.2) is 0 Å². The topological polar surface area (TPSA) is 108 Å². The van der Waals surface area contributed by atoms with E-state index in [2.05, 4.69) is 31.3 Å². The highest BCUT2D eigenvalue weighted by molar-refractivity contribution is 7.45. The molecular weight excluding hydrogens is 732 g/mol. The Kier molecular flexibility index (Phi) is 40.1. The summed E-state index contributed by atoms with van der Waals surface area (Å²) in [5.41, 5.74) is 0. The zero-order chi connectivity index (χ0) is 42.1. The number of quaternary nitrogens is 1. The Hall–Kier alpha value is -0.760. The largest absolute Gasteiger partial charge is 0.756 e. The highest BCUT2D eigenvalue weighted by Crippen LogP contribution is 2.38. The molecule has 9 heteroatoms. The molecule has 0 saturated heterocycles. The second kappa shape index (κ2) is 40.6. The molecule has 0 fully saturated rings. The van der Waals surface area contributed by atoms with Crippen LogP contribution < -0.4 is 10.2 Å². The van der Waals surface area contributed by atoms with Crippen molar-refractivity contribution in [3.05, 3.63) is 12.2 Å². The molecule has 8 nitrogen and oxygen atoms in total. The van der Waals surface area contributed by atoms with E-state index in [0.717, 1.165) is 38.5 Å². The van der Waals surface area contributed by atoms with Gasteiger partial charge in [-0.05, 0) is 38.5 Å². The van der Waals surface area contributed by atoms with Gasteiger partial charge in [0.25, 0.3) is 7.82 Å². The standard InChI is InChI=1S/C48H97N2O6P/c1-6-8-10-12-14-16-18-20-21-22-23-24-25-26-27-28-29-30-32-34-36-38-40-42-48(52)49-46(45-56-57(53,54)55-44-43-50(3,4)5)47(51)41-39-37-35-33-31-19-17-15-13-11-9-7-2/h22-23,46-47,51H,6-21,24-45H2,1-5H3,(H-,49,52,53,54)/b23-22-. The summed E-state index contributed by atoms with van der Waals surface area (Å²) in [4.78, 5) is 25.4. The number of rotatable bonds is 45. The van der Waals surface area contributed by atoms with Crippen LogP contribution in [0.3, 0.4) is 0 Å². The van der Waals surface area contributed by atoms with Crippen molar-refractivity contribution < 1.29 is 32.9 Å². The van der Waals surface area contributed by atoms with Crippen LogP contribution in [0.25, 0.3) is 0 Å². The second-order valence-electron chi connectivity index (χ2n) is 18.2. The van der Waals surface area contributed by atoms with E-state index >= 15 is 0 Å².